The standard InChI is InChI=1S/2C16H25NO.2ClH/c2*1-11-8-12-10-14(18)13-4-2-6-17-7-3-5-16(12,13)15(17)9-11;;/h2*11-13,15H,2-10H2,1H3;2*1H/t2*11-,12+,13-,15+,16+;;/m11../s1. The molecular weight excluding hydrogens is 515 g/mol. The fourth-order valence-corrected chi connectivity index (χ4v) is 12.7. The van der Waals surface area contributed by atoms with Gasteiger partial charge in [0.05, 0.1) is 38.3 Å². The quantitative estimate of drug-likeness (QED) is 0.326. The summed E-state index contributed by atoms with van der Waals surface area (Å²) in [6.07, 6.45) is 17.8. The molecule has 0 radical (unpaired) electrons. The lowest BCUT2D eigenvalue weighted by atomic mass is 9.55. The van der Waals surface area contributed by atoms with Crippen molar-refractivity contribution in [1.82, 2.24) is 0 Å². The Labute approximate surface area is 243 Å². The molecule has 4 aliphatic carbocycles. The molecule has 0 aromatic carbocycles. The van der Waals surface area contributed by atoms with Gasteiger partial charge >= 0.3 is 0 Å². The number of halogens is 2. The van der Waals surface area contributed by atoms with Crippen LogP contribution in [0.1, 0.15) is 104 Å². The summed E-state index contributed by atoms with van der Waals surface area (Å²) in [4.78, 5) is 28.7. The summed E-state index contributed by atoms with van der Waals surface area (Å²) in [5, 5.41) is 0. The van der Waals surface area contributed by atoms with Gasteiger partial charge in [-0.05, 0) is 87.9 Å². The maximum Gasteiger partial charge on any atom is 0.137 e. The summed E-state index contributed by atoms with van der Waals surface area (Å²) in [5.41, 5.74) is 0.904. The molecule has 12 atom stereocenters. The third-order valence-electron chi connectivity index (χ3n) is 13.6. The van der Waals surface area contributed by atoms with Crippen LogP contribution in [0.4, 0.5) is 0 Å². The van der Waals surface area contributed by atoms with Crippen LogP contribution in [0.5, 0.6) is 0 Å². The number of Topliss-reactive ketones (excluding diaryl/α,β-unsaturated/α-hetero) is 2. The van der Waals surface area contributed by atoms with Crippen molar-refractivity contribution in [3.8, 4) is 0 Å². The lowest BCUT2D eigenvalue weighted by Crippen LogP contribution is -3.18. The molecule has 216 valence electrons. The Bertz CT molecular complexity index is 842. The Kier molecular flexibility index (Phi) is 8.43. The van der Waals surface area contributed by atoms with E-state index < -0.39 is 0 Å². The first-order valence-electron chi connectivity index (χ1n) is 16.2. The third-order valence-corrected chi connectivity index (χ3v) is 13.6. The van der Waals surface area contributed by atoms with Gasteiger partial charge in [-0.25, -0.2) is 0 Å². The van der Waals surface area contributed by atoms with E-state index in [4.69, 9.17) is 0 Å². The predicted octanol–water partition coefficient (Wildman–Crippen LogP) is -3.09. The maximum absolute atomic E-state index is 12.5. The highest BCUT2D eigenvalue weighted by molar-refractivity contribution is 5.85. The zero-order chi connectivity index (χ0) is 24.7. The van der Waals surface area contributed by atoms with E-state index in [1.165, 1.54) is 103 Å². The molecule has 38 heavy (non-hydrogen) atoms. The Morgan fingerprint density at radius 1 is 0.605 bits per heavy atom. The number of ketones is 2. The summed E-state index contributed by atoms with van der Waals surface area (Å²) in [7, 11) is 0. The molecule has 0 amide bonds. The molecule has 2 unspecified atom stereocenters. The molecule has 8 rings (SSSR count). The molecule has 8 fully saturated rings. The summed E-state index contributed by atoms with van der Waals surface area (Å²) in [5.74, 6) is 5.39. The van der Waals surface area contributed by atoms with E-state index in [9.17, 15) is 9.59 Å². The van der Waals surface area contributed by atoms with E-state index >= 15 is 0 Å². The van der Waals surface area contributed by atoms with Crippen LogP contribution in [0, 0.1) is 46.3 Å². The van der Waals surface area contributed by atoms with Gasteiger partial charge in [0.25, 0.3) is 0 Å². The van der Waals surface area contributed by atoms with Gasteiger partial charge in [0.1, 0.15) is 11.6 Å². The van der Waals surface area contributed by atoms with Crippen LogP contribution in [-0.2, 0) is 9.59 Å². The van der Waals surface area contributed by atoms with Crippen LogP contribution in [0.25, 0.3) is 0 Å². The van der Waals surface area contributed by atoms with Crippen LogP contribution in [0.3, 0.4) is 0 Å². The Hall–Kier alpha value is -0.160. The average Bonchev–Trinajstić information content (AvgIpc) is 3.19. The van der Waals surface area contributed by atoms with E-state index in [2.05, 4.69) is 13.8 Å². The van der Waals surface area contributed by atoms with Gasteiger partial charge < -0.3 is 34.6 Å². The lowest BCUT2D eigenvalue weighted by Gasteiger charge is -2.53. The normalized spacial score (nSPS) is 52.1. The van der Waals surface area contributed by atoms with Crippen LogP contribution in [0.2, 0.25) is 0 Å². The van der Waals surface area contributed by atoms with E-state index in [1.807, 2.05) is 9.80 Å². The number of nitrogens with one attached hydrogen (secondary N) is 2. The summed E-state index contributed by atoms with van der Waals surface area (Å²) < 4.78 is 0. The van der Waals surface area contributed by atoms with Crippen molar-refractivity contribution < 1.29 is 44.2 Å². The molecule has 4 heterocycles. The maximum atomic E-state index is 12.5. The largest absolute Gasteiger partial charge is 1.00 e. The minimum atomic E-state index is 0. The lowest BCUT2D eigenvalue weighted by molar-refractivity contribution is -0.941. The van der Waals surface area contributed by atoms with Gasteiger partial charge in [-0.15, -0.1) is 0 Å². The van der Waals surface area contributed by atoms with Crippen molar-refractivity contribution in [3.63, 3.8) is 0 Å². The van der Waals surface area contributed by atoms with Crippen LogP contribution >= 0.6 is 0 Å². The molecule has 4 saturated heterocycles. The second kappa shape index (κ2) is 10.9. The monoisotopic (exact) mass is 566 g/mol. The number of carbonyl (C=O) groups excluding carboxylic acids is 2. The van der Waals surface area contributed by atoms with Gasteiger partial charge in [-0.1, -0.05) is 13.8 Å². The van der Waals surface area contributed by atoms with Gasteiger partial charge in [0, 0.05) is 48.3 Å². The topological polar surface area (TPSA) is 43.0 Å². The van der Waals surface area contributed by atoms with Crippen LogP contribution in [-0.4, -0.2) is 49.8 Å². The SMILES string of the molecule is C[C@@H]1C[C@H]2CC(=O)[C@H]3CCC[NH+]4CCC[C@]23[C@@H]4C1.C[C@@H]1C[C@H]2CC(=O)[C@H]3CCC[NH+]4CCC[C@]23[C@@H]4C1.[Cl-].[Cl-]. The molecule has 4 aliphatic heterocycles. The molecule has 0 aromatic heterocycles. The van der Waals surface area contributed by atoms with Gasteiger partial charge in [0.15, 0.2) is 0 Å². The van der Waals surface area contributed by atoms with Crippen molar-refractivity contribution in [3.05, 3.63) is 0 Å². The molecule has 4 saturated carbocycles. The molecule has 4 nitrogen and oxygen atoms in total. The molecule has 8 aliphatic rings. The van der Waals surface area contributed by atoms with Crippen molar-refractivity contribution in [2.45, 2.75) is 116 Å². The van der Waals surface area contributed by atoms with E-state index in [1.54, 1.807) is 0 Å². The molecule has 2 spiro atoms. The van der Waals surface area contributed by atoms with Crippen molar-refractivity contribution in [1.29, 1.82) is 0 Å². The number of hydrogen-bond acceptors (Lipinski definition) is 2. The Morgan fingerprint density at radius 2 is 1.00 bits per heavy atom. The summed E-state index contributed by atoms with van der Waals surface area (Å²) >= 11 is 0. The van der Waals surface area contributed by atoms with Gasteiger partial charge in [0.2, 0.25) is 0 Å². The number of hydrogen-bond donors (Lipinski definition) is 2. The molecule has 6 heteroatoms. The number of rotatable bonds is 0. The summed E-state index contributed by atoms with van der Waals surface area (Å²) in [6, 6.07) is 1.66. The van der Waals surface area contributed by atoms with Crippen LogP contribution < -0.4 is 34.6 Å². The van der Waals surface area contributed by atoms with E-state index in [0.717, 1.165) is 48.6 Å². The van der Waals surface area contributed by atoms with Crippen molar-refractivity contribution in [2.75, 3.05) is 26.2 Å². The van der Waals surface area contributed by atoms with Crippen molar-refractivity contribution in [2.24, 2.45) is 46.3 Å². The smallest absolute Gasteiger partial charge is 0.137 e. The van der Waals surface area contributed by atoms with Gasteiger partial charge in [-0.2, -0.15) is 0 Å². The highest BCUT2D eigenvalue weighted by Gasteiger charge is 2.66. The number of piperidine rings is 2. The highest BCUT2D eigenvalue weighted by Crippen LogP contribution is 2.61. The zero-order valence-electron chi connectivity index (χ0n) is 23.9. The molecule has 0 aromatic rings. The minimum Gasteiger partial charge on any atom is -1.00 e. The molecule has 4 bridgehead atoms. The number of quaternary nitrogens is 2. The van der Waals surface area contributed by atoms with Crippen molar-refractivity contribution >= 4 is 11.6 Å². The summed E-state index contributed by atoms with van der Waals surface area (Å²) in [6.45, 7) is 10.3. The fourth-order valence-electron chi connectivity index (χ4n) is 12.7. The first-order valence-corrected chi connectivity index (χ1v) is 16.2. The first-order chi connectivity index (χ1) is 17.4. The second-order valence-corrected chi connectivity index (χ2v) is 15.1. The fraction of sp³-hybridized carbons (Fsp3) is 0.938. The van der Waals surface area contributed by atoms with Gasteiger partial charge in [-0.3, -0.25) is 9.59 Å². The average molecular weight is 568 g/mol. The Balaban J connectivity index is 0.000000147. The predicted molar refractivity (Wildman–Crippen MR) is 141 cm³/mol. The van der Waals surface area contributed by atoms with E-state index in [-0.39, 0.29) is 24.8 Å². The zero-order valence-corrected chi connectivity index (χ0v) is 25.4. The van der Waals surface area contributed by atoms with E-state index in [0.29, 0.717) is 34.2 Å². The second-order valence-electron chi connectivity index (χ2n) is 15.1. The van der Waals surface area contributed by atoms with Crippen LogP contribution in [0.15, 0.2) is 0 Å². The molecule has 2 N–H and O–H groups in total. The third kappa shape index (κ3) is 4.19. The first kappa shape index (κ1) is 29.3. The number of carbonyl (C=O) groups is 2. The highest BCUT2D eigenvalue weighted by atomic mass is 35.5. The Morgan fingerprint density at radius 3 is 1.42 bits per heavy atom. The minimum absolute atomic E-state index is 0. The molecular formula is C32H52Cl2N2O2.